The smallest absolute Gasteiger partial charge is 0.462 e. The minimum Gasteiger partial charge on any atom is -0.462 e. The number of esters is 4. The third-order valence-electron chi connectivity index (χ3n) is 17.8. The van der Waals surface area contributed by atoms with Crippen molar-refractivity contribution in [2.75, 3.05) is 39.6 Å². The fourth-order valence-electron chi connectivity index (χ4n) is 11.7. The normalized spacial score (nSPS) is 14.1. The van der Waals surface area contributed by atoms with Crippen molar-refractivity contribution in [1.29, 1.82) is 0 Å². The first-order chi connectivity index (χ1) is 46.1. The second kappa shape index (κ2) is 66.3. The number of carbonyl (C=O) groups is 4. The van der Waals surface area contributed by atoms with Crippen LogP contribution < -0.4 is 0 Å². The molecule has 0 aliphatic rings. The molecular formula is C77H150O17P2. The Bertz CT molecular complexity index is 1880. The highest BCUT2D eigenvalue weighted by Crippen LogP contribution is 2.45. The Morgan fingerprint density at radius 3 is 0.646 bits per heavy atom. The fourth-order valence-corrected chi connectivity index (χ4v) is 13.3. The number of phosphoric acid groups is 2. The zero-order chi connectivity index (χ0) is 71.0. The van der Waals surface area contributed by atoms with Gasteiger partial charge in [-0.2, -0.15) is 0 Å². The van der Waals surface area contributed by atoms with Gasteiger partial charge in [-0.25, -0.2) is 9.13 Å². The van der Waals surface area contributed by atoms with E-state index in [9.17, 15) is 43.2 Å². The van der Waals surface area contributed by atoms with E-state index in [1.807, 2.05) is 0 Å². The average Bonchev–Trinajstić information content (AvgIpc) is 1.34. The van der Waals surface area contributed by atoms with Crippen molar-refractivity contribution in [2.24, 2.45) is 23.7 Å². The van der Waals surface area contributed by atoms with Crippen LogP contribution in [0.3, 0.4) is 0 Å². The lowest BCUT2D eigenvalue weighted by Gasteiger charge is -2.21. The topological polar surface area (TPSA) is 237 Å². The van der Waals surface area contributed by atoms with E-state index in [1.54, 1.807) is 0 Å². The Hall–Kier alpha value is -1.94. The lowest BCUT2D eigenvalue weighted by molar-refractivity contribution is -0.161. The number of aliphatic hydroxyl groups is 1. The Kier molecular flexibility index (Phi) is 65.0. The van der Waals surface area contributed by atoms with Crippen LogP contribution in [0.5, 0.6) is 0 Å². The average molecular weight is 1410 g/mol. The summed E-state index contributed by atoms with van der Waals surface area (Å²) < 4.78 is 68.6. The predicted octanol–water partition coefficient (Wildman–Crippen LogP) is 22.4. The number of unbranched alkanes of at least 4 members (excludes halogenated alkanes) is 40. The third kappa shape index (κ3) is 70.5. The highest BCUT2D eigenvalue weighted by atomic mass is 31.2. The van der Waals surface area contributed by atoms with Crippen LogP contribution in [0.4, 0.5) is 0 Å². The van der Waals surface area contributed by atoms with E-state index in [2.05, 4.69) is 55.4 Å². The molecule has 0 aliphatic heterocycles. The van der Waals surface area contributed by atoms with Gasteiger partial charge in [-0.05, 0) is 49.4 Å². The number of phosphoric ester groups is 2. The van der Waals surface area contributed by atoms with E-state index in [-0.39, 0.29) is 25.7 Å². The van der Waals surface area contributed by atoms with E-state index < -0.39 is 97.5 Å². The molecule has 0 aromatic rings. The Morgan fingerprint density at radius 2 is 0.438 bits per heavy atom. The zero-order valence-corrected chi connectivity index (χ0v) is 64.8. The van der Waals surface area contributed by atoms with E-state index in [4.69, 9.17) is 37.0 Å². The summed E-state index contributed by atoms with van der Waals surface area (Å²) >= 11 is 0. The molecule has 0 heterocycles. The van der Waals surface area contributed by atoms with Crippen LogP contribution in [0.2, 0.25) is 0 Å². The van der Waals surface area contributed by atoms with Crippen molar-refractivity contribution in [3.8, 4) is 0 Å². The van der Waals surface area contributed by atoms with Crippen molar-refractivity contribution in [1.82, 2.24) is 0 Å². The molecule has 96 heavy (non-hydrogen) atoms. The number of hydrogen-bond acceptors (Lipinski definition) is 15. The van der Waals surface area contributed by atoms with Gasteiger partial charge in [0.25, 0.3) is 0 Å². The molecule has 0 aromatic carbocycles. The van der Waals surface area contributed by atoms with Crippen molar-refractivity contribution in [3.05, 3.63) is 0 Å². The lowest BCUT2D eigenvalue weighted by atomic mass is 10.0. The maximum absolute atomic E-state index is 13.1. The maximum atomic E-state index is 13.1. The van der Waals surface area contributed by atoms with Crippen LogP contribution in [0.15, 0.2) is 0 Å². The van der Waals surface area contributed by atoms with Gasteiger partial charge in [0.05, 0.1) is 26.4 Å². The Labute approximate surface area is 588 Å². The molecule has 3 N–H and O–H groups in total. The summed E-state index contributed by atoms with van der Waals surface area (Å²) in [6.07, 6.45) is 51.4. The van der Waals surface area contributed by atoms with Gasteiger partial charge in [0, 0.05) is 25.7 Å². The van der Waals surface area contributed by atoms with E-state index in [0.717, 1.165) is 114 Å². The van der Waals surface area contributed by atoms with Crippen molar-refractivity contribution < 1.29 is 80.2 Å². The SMILES string of the molecule is CC(C)CCCCCCCCCCCCCCCCCCC(=O)O[C@H](COC(=O)CCCCCCCCCC(C)C)COP(=O)(O)OCC(O)COP(=O)(O)OC[C@@H](COC(=O)CCCCCCCCCCCCCC(C)C)OC(=O)CCCCCCCCCCCCC(C)C. The van der Waals surface area contributed by atoms with Crippen LogP contribution >= 0.6 is 15.6 Å². The molecule has 0 amide bonds. The molecular weight excluding hydrogens is 1260 g/mol. The van der Waals surface area contributed by atoms with E-state index >= 15 is 0 Å². The van der Waals surface area contributed by atoms with Crippen molar-refractivity contribution in [2.45, 2.75) is 408 Å². The summed E-state index contributed by atoms with van der Waals surface area (Å²) in [6.45, 7) is 14.2. The van der Waals surface area contributed by atoms with Gasteiger partial charge in [-0.15, -0.1) is 0 Å². The summed E-state index contributed by atoms with van der Waals surface area (Å²) in [5.41, 5.74) is 0. The summed E-state index contributed by atoms with van der Waals surface area (Å²) in [7, 11) is -9.91. The molecule has 570 valence electrons. The largest absolute Gasteiger partial charge is 0.472 e. The first-order valence-corrected chi connectivity index (χ1v) is 42.7. The first-order valence-electron chi connectivity index (χ1n) is 39.7. The van der Waals surface area contributed by atoms with Gasteiger partial charge >= 0.3 is 39.5 Å². The first kappa shape index (κ1) is 94.1. The van der Waals surface area contributed by atoms with Crippen LogP contribution in [-0.4, -0.2) is 96.7 Å². The van der Waals surface area contributed by atoms with Crippen LogP contribution in [-0.2, 0) is 65.4 Å². The molecule has 0 aromatic heterocycles. The second-order valence-corrected chi connectivity index (χ2v) is 32.6. The third-order valence-corrected chi connectivity index (χ3v) is 19.7. The number of ether oxygens (including phenoxy) is 4. The quantitative estimate of drug-likeness (QED) is 0.0222. The molecule has 17 nitrogen and oxygen atoms in total. The minimum absolute atomic E-state index is 0.105. The molecule has 19 heteroatoms. The molecule has 0 spiro atoms. The molecule has 0 saturated carbocycles. The van der Waals surface area contributed by atoms with Crippen LogP contribution in [0.1, 0.15) is 389 Å². The standard InChI is InChI=1S/C77H150O17P2/c1-67(2)53-45-37-29-22-16-13-11-9-10-12-14-18-26-34-43-51-59-76(81)94-73(64-88-75(80)58-50-42-36-28-32-40-48-56-70(7)8)66-92-96(85,86)90-62-71(78)61-89-95(83,84)91-65-72(93-77(82)60-52-44-35-27-21-20-24-31-39-47-55-69(5)6)63-87-74(79)57-49-41-33-25-19-15-17-23-30-38-46-54-68(3)4/h67-73,78H,9-66H2,1-8H3,(H,83,84)(H,85,86)/t71?,72-,73-/m1/s1. The molecule has 0 bridgehead atoms. The number of carbonyl (C=O) groups excluding carboxylic acids is 4. The van der Waals surface area contributed by atoms with Crippen molar-refractivity contribution in [3.63, 3.8) is 0 Å². The van der Waals surface area contributed by atoms with E-state index in [1.165, 1.54) is 186 Å². The molecule has 0 fully saturated rings. The highest BCUT2D eigenvalue weighted by Gasteiger charge is 2.30. The maximum Gasteiger partial charge on any atom is 0.472 e. The van der Waals surface area contributed by atoms with Gasteiger partial charge < -0.3 is 33.8 Å². The Morgan fingerprint density at radius 1 is 0.260 bits per heavy atom. The van der Waals surface area contributed by atoms with Gasteiger partial charge in [-0.3, -0.25) is 37.3 Å². The predicted molar refractivity (Wildman–Crippen MR) is 391 cm³/mol. The number of aliphatic hydroxyl groups excluding tert-OH is 1. The molecule has 3 unspecified atom stereocenters. The van der Waals surface area contributed by atoms with Crippen LogP contribution in [0, 0.1) is 23.7 Å². The molecule has 0 radical (unpaired) electrons. The molecule has 5 atom stereocenters. The van der Waals surface area contributed by atoms with E-state index in [0.29, 0.717) is 31.6 Å². The number of hydrogen-bond donors (Lipinski definition) is 3. The number of rotatable bonds is 74. The van der Waals surface area contributed by atoms with Gasteiger partial charge in [-0.1, -0.05) is 338 Å². The highest BCUT2D eigenvalue weighted by molar-refractivity contribution is 7.47. The summed E-state index contributed by atoms with van der Waals surface area (Å²) in [4.78, 5) is 72.8. The second-order valence-electron chi connectivity index (χ2n) is 29.7. The van der Waals surface area contributed by atoms with Gasteiger partial charge in [0.2, 0.25) is 0 Å². The molecule has 0 saturated heterocycles. The summed E-state index contributed by atoms with van der Waals surface area (Å²) in [6, 6.07) is 0. The van der Waals surface area contributed by atoms with Gasteiger partial charge in [0.15, 0.2) is 12.2 Å². The minimum atomic E-state index is -4.96. The molecule has 0 aliphatic carbocycles. The van der Waals surface area contributed by atoms with Crippen LogP contribution in [0.25, 0.3) is 0 Å². The summed E-state index contributed by atoms with van der Waals surface area (Å²) in [5, 5.41) is 10.6. The van der Waals surface area contributed by atoms with Crippen molar-refractivity contribution >= 4 is 39.5 Å². The summed E-state index contributed by atoms with van der Waals surface area (Å²) in [5.74, 6) is 0.917. The Balaban J connectivity index is 5.22. The fraction of sp³-hybridized carbons (Fsp3) is 0.948. The molecule has 0 rings (SSSR count). The zero-order valence-electron chi connectivity index (χ0n) is 63.0. The van der Waals surface area contributed by atoms with Gasteiger partial charge in [0.1, 0.15) is 19.3 Å². The lowest BCUT2D eigenvalue weighted by Crippen LogP contribution is -2.30. The monoisotopic (exact) mass is 1410 g/mol.